The highest BCUT2D eigenvalue weighted by atomic mass is 19.1. The van der Waals surface area contributed by atoms with E-state index in [0.717, 1.165) is 11.3 Å². The van der Waals surface area contributed by atoms with Crippen LogP contribution >= 0.6 is 0 Å². The highest BCUT2D eigenvalue weighted by Gasteiger charge is 2.16. The van der Waals surface area contributed by atoms with Crippen molar-refractivity contribution in [2.45, 2.75) is 6.42 Å². The lowest BCUT2D eigenvalue weighted by Crippen LogP contribution is -2.12. The van der Waals surface area contributed by atoms with Crippen molar-refractivity contribution < 1.29 is 23.6 Å². The second-order valence-corrected chi connectivity index (χ2v) is 8.90. The highest BCUT2D eigenvalue weighted by molar-refractivity contribution is 6.04. The minimum Gasteiger partial charge on any atom is -0.497 e. The minimum absolute atomic E-state index is 0.126. The molecule has 41 heavy (non-hydrogen) atoms. The van der Waals surface area contributed by atoms with Crippen LogP contribution < -0.4 is 14.8 Å². The van der Waals surface area contributed by atoms with Gasteiger partial charge in [-0.15, -0.1) is 5.10 Å². The van der Waals surface area contributed by atoms with Gasteiger partial charge >= 0.3 is 6.01 Å². The standard InChI is InChI=1S/C30H24FN5O5/c1-40-27-14-8-20(9-15-27)16-17-41-30-33-28(21-4-2-6-23(31)18-21)35(34-30)25-12-10-24(11-13-25)32-29(37)22-5-3-7-26(19-22)36(38)39/h2-15,18-19H,16-17H2,1H3,(H,32,37). The van der Waals surface area contributed by atoms with Gasteiger partial charge in [0.05, 0.1) is 24.3 Å². The van der Waals surface area contributed by atoms with Gasteiger partial charge in [0.15, 0.2) is 5.82 Å². The summed E-state index contributed by atoms with van der Waals surface area (Å²) < 4.78 is 26.6. The first-order valence-corrected chi connectivity index (χ1v) is 12.5. The second kappa shape index (κ2) is 12.1. The Morgan fingerprint density at radius 1 is 1.00 bits per heavy atom. The molecule has 1 aromatic heterocycles. The summed E-state index contributed by atoms with van der Waals surface area (Å²) in [6.45, 7) is 0.321. The van der Waals surface area contributed by atoms with Crippen LogP contribution in [0.2, 0.25) is 0 Å². The van der Waals surface area contributed by atoms with Gasteiger partial charge in [-0.25, -0.2) is 9.07 Å². The molecule has 0 radical (unpaired) electrons. The van der Waals surface area contributed by atoms with Crippen LogP contribution in [0.15, 0.2) is 97.1 Å². The number of benzene rings is 4. The summed E-state index contributed by atoms with van der Waals surface area (Å²) in [5, 5.41) is 18.3. The van der Waals surface area contributed by atoms with E-state index in [-0.39, 0.29) is 17.3 Å². The van der Waals surface area contributed by atoms with Gasteiger partial charge in [0.1, 0.15) is 11.6 Å². The van der Waals surface area contributed by atoms with Gasteiger partial charge in [-0.05, 0) is 60.2 Å². The van der Waals surface area contributed by atoms with Gasteiger partial charge in [0, 0.05) is 35.4 Å². The second-order valence-electron chi connectivity index (χ2n) is 8.90. The number of nitro benzene ring substituents is 1. The van der Waals surface area contributed by atoms with E-state index in [4.69, 9.17) is 9.47 Å². The lowest BCUT2D eigenvalue weighted by Gasteiger charge is -2.09. The number of non-ortho nitro benzene ring substituents is 1. The van der Waals surface area contributed by atoms with Crippen molar-refractivity contribution in [2.75, 3.05) is 19.0 Å². The van der Waals surface area contributed by atoms with Crippen LogP contribution in [0.3, 0.4) is 0 Å². The fourth-order valence-electron chi connectivity index (χ4n) is 4.05. The molecule has 0 aliphatic carbocycles. The van der Waals surface area contributed by atoms with Crippen LogP contribution in [0.5, 0.6) is 11.8 Å². The van der Waals surface area contributed by atoms with E-state index in [9.17, 15) is 19.3 Å². The molecule has 0 unspecified atom stereocenters. The van der Waals surface area contributed by atoms with Crippen LogP contribution in [-0.2, 0) is 6.42 Å². The Morgan fingerprint density at radius 2 is 1.76 bits per heavy atom. The zero-order valence-corrected chi connectivity index (χ0v) is 21.9. The van der Waals surface area contributed by atoms with E-state index in [1.54, 1.807) is 43.5 Å². The largest absolute Gasteiger partial charge is 0.497 e. The number of nitrogens with one attached hydrogen (secondary N) is 1. The highest BCUT2D eigenvalue weighted by Crippen LogP contribution is 2.25. The van der Waals surface area contributed by atoms with E-state index in [0.29, 0.717) is 35.8 Å². The number of aromatic nitrogens is 3. The molecule has 1 N–H and O–H groups in total. The molecular weight excluding hydrogens is 529 g/mol. The topological polar surface area (TPSA) is 121 Å². The molecule has 0 spiro atoms. The third kappa shape index (κ3) is 6.53. The molecular formula is C30H24FN5O5. The smallest absolute Gasteiger partial charge is 0.336 e. The Hall–Kier alpha value is -5.58. The molecule has 10 nitrogen and oxygen atoms in total. The number of nitro groups is 1. The molecule has 0 bridgehead atoms. The van der Waals surface area contributed by atoms with Crippen LogP contribution in [0.25, 0.3) is 17.1 Å². The number of carbonyl (C=O) groups excluding carboxylic acids is 1. The molecule has 0 saturated heterocycles. The van der Waals surface area contributed by atoms with Crippen LogP contribution in [-0.4, -0.2) is 39.3 Å². The quantitative estimate of drug-likeness (QED) is 0.170. The third-order valence-electron chi connectivity index (χ3n) is 6.14. The van der Waals surface area contributed by atoms with Crippen LogP contribution in [0.4, 0.5) is 15.8 Å². The van der Waals surface area contributed by atoms with E-state index in [1.165, 1.54) is 41.1 Å². The maximum atomic E-state index is 14.0. The molecule has 0 saturated carbocycles. The van der Waals surface area contributed by atoms with Gasteiger partial charge in [-0.1, -0.05) is 30.3 Å². The number of carbonyl (C=O) groups is 1. The molecule has 5 rings (SSSR count). The monoisotopic (exact) mass is 553 g/mol. The number of amides is 1. The number of ether oxygens (including phenoxy) is 2. The average molecular weight is 554 g/mol. The van der Waals surface area contributed by atoms with E-state index >= 15 is 0 Å². The summed E-state index contributed by atoms with van der Waals surface area (Å²) in [5.74, 6) is 0.232. The molecule has 0 atom stereocenters. The predicted octanol–water partition coefficient (Wildman–Crippen LogP) is 5.86. The normalized spacial score (nSPS) is 10.7. The van der Waals surface area contributed by atoms with Gasteiger partial charge in [-0.2, -0.15) is 4.98 Å². The summed E-state index contributed by atoms with van der Waals surface area (Å²) >= 11 is 0. The Kier molecular flexibility index (Phi) is 7.95. The SMILES string of the molecule is COc1ccc(CCOc2nc(-c3cccc(F)c3)n(-c3ccc(NC(=O)c4cccc([N+](=O)[O-])c4)cc3)n2)cc1. The maximum absolute atomic E-state index is 14.0. The van der Waals surface area contributed by atoms with E-state index < -0.39 is 16.6 Å². The Bertz CT molecular complexity index is 1690. The predicted molar refractivity (Wildman–Crippen MR) is 150 cm³/mol. The first-order chi connectivity index (χ1) is 19.9. The van der Waals surface area contributed by atoms with Crippen molar-refractivity contribution in [1.29, 1.82) is 0 Å². The van der Waals surface area contributed by atoms with Crippen molar-refractivity contribution in [2.24, 2.45) is 0 Å². The van der Waals surface area contributed by atoms with E-state index in [1.807, 2.05) is 24.3 Å². The number of halogens is 1. The number of anilines is 1. The number of rotatable bonds is 10. The molecule has 0 aliphatic rings. The van der Waals surface area contributed by atoms with Crippen molar-refractivity contribution in [1.82, 2.24) is 14.8 Å². The van der Waals surface area contributed by atoms with E-state index in [2.05, 4.69) is 15.4 Å². The lowest BCUT2D eigenvalue weighted by molar-refractivity contribution is -0.384. The number of hydrogen-bond acceptors (Lipinski definition) is 7. The van der Waals surface area contributed by atoms with Crippen molar-refractivity contribution in [3.63, 3.8) is 0 Å². The Balaban J connectivity index is 1.35. The molecule has 5 aromatic rings. The molecule has 11 heteroatoms. The van der Waals surface area contributed by atoms with Gasteiger partial charge in [0.2, 0.25) is 0 Å². The molecule has 1 heterocycles. The molecule has 1 amide bonds. The summed E-state index contributed by atoms with van der Waals surface area (Å²) in [7, 11) is 1.61. The lowest BCUT2D eigenvalue weighted by atomic mass is 10.1. The fourth-order valence-corrected chi connectivity index (χ4v) is 4.05. The first kappa shape index (κ1) is 27.0. The number of hydrogen-bond donors (Lipinski definition) is 1. The summed E-state index contributed by atoms with van der Waals surface area (Å²) in [6, 6.07) is 26.0. The Labute approximate surface area is 234 Å². The molecule has 206 valence electrons. The molecule has 4 aromatic carbocycles. The maximum Gasteiger partial charge on any atom is 0.336 e. The van der Waals surface area contributed by atoms with Crippen LogP contribution in [0, 0.1) is 15.9 Å². The number of nitrogens with zero attached hydrogens (tertiary/aromatic N) is 4. The van der Waals surface area contributed by atoms with Gasteiger partial charge < -0.3 is 14.8 Å². The van der Waals surface area contributed by atoms with Gasteiger partial charge in [0.25, 0.3) is 11.6 Å². The Morgan fingerprint density at radius 3 is 2.46 bits per heavy atom. The van der Waals surface area contributed by atoms with Crippen molar-refractivity contribution in [3.8, 4) is 28.8 Å². The summed E-state index contributed by atoms with van der Waals surface area (Å²) in [5.41, 5.74) is 2.60. The van der Waals surface area contributed by atoms with Gasteiger partial charge in [-0.3, -0.25) is 14.9 Å². The number of methoxy groups -OCH3 is 1. The van der Waals surface area contributed by atoms with Crippen molar-refractivity contribution in [3.05, 3.63) is 124 Å². The zero-order chi connectivity index (χ0) is 28.8. The molecule has 0 fully saturated rings. The first-order valence-electron chi connectivity index (χ1n) is 12.5. The zero-order valence-electron chi connectivity index (χ0n) is 21.9. The minimum atomic E-state index is -0.559. The summed E-state index contributed by atoms with van der Waals surface area (Å²) in [6.07, 6.45) is 0.618. The molecule has 0 aliphatic heterocycles. The average Bonchev–Trinajstić information content (AvgIpc) is 3.42. The third-order valence-corrected chi connectivity index (χ3v) is 6.14. The fraction of sp³-hybridized carbons (Fsp3) is 0.100. The van der Waals surface area contributed by atoms with Crippen molar-refractivity contribution >= 4 is 17.3 Å². The van der Waals surface area contributed by atoms with Crippen LogP contribution in [0.1, 0.15) is 15.9 Å². The summed E-state index contributed by atoms with van der Waals surface area (Å²) in [4.78, 5) is 27.6.